The van der Waals surface area contributed by atoms with Gasteiger partial charge in [-0.2, -0.15) is 5.10 Å². The number of nitrogens with one attached hydrogen (secondary N) is 2. The van der Waals surface area contributed by atoms with E-state index in [9.17, 15) is 13.2 Å². The van der Waals surface area contributed by atoms with E-state index >= 15 is 4.39 Å². The van der Waals surface area contributed by atoms with Crippen LogP contribution in [-0.2, 0) is 16.4 Å². The minimum Gasteiger partial charge on any atom is -0.382 e. The molecule has 4 N–H and O–H groups in total. The molecule has 1 saturated heterocycles. The Morgan fingerprint density at radius 2 is 1.82 bits per heavy atom. The smallest absolute Gasteiger partial charge is 0.323 e. The van der Waals surface area contributed by atoms with Crippen LogP contribution in [-0.4, -0.2) is 58.5 Å². The number of carbonyl (C=O) groups is 1. The van der Waals surface area contributed by atoms with Crippen LogP contribution in [0.1, 0.15) is 5.69 Å². The average Bonchev–Trinajstić information content (AvgIpc) is 3.23. The highest BCUT2D eigenvalue weighted by Gasteiger charge is 2.24. The van der Waals surface area contributed by atoms with Crippen molar-refractivity contribution in [2.24, 2.45) is 0 Å². The number of hydrogen-bond acceptors (Lipinski definition) is 7. The largest absolute Gasteiger partial charge is 0.382 e. The lowest BCUT2D eigenvalue weighted by atomic mass is 10.1. The maximum absolute atomic E-state index is 15.1. The van der Waals surface area contributed by atoms with Crippen LogP contribution >= 0.6 is 23.2 Å². The number of benzene rings is 2. The van der Waals surface area contributed by atoms with Crippen molar-refractivity contribution in [2.75, 3.05) is 41.0 Å². The Hall–Kier alpha value is -3.45. The molecular weight excluding hydrogens is 556 g/mol. The quantitative estimate of drug-likeness (QED) is 0.322. The molecule has 2 aromatic heterocycles. The summed E-state index contributed by atoms with van der Waals surface area (Å²) in [5, 5.41) is 9.98. The topological polar surface area (TPSA) is 135 Å². The molecule has 0 atom stereocenters. The first-order valence-electron chi connectivity index (χ1n) is 11.5. The fourth-order valence-corrected chi connectivity index (χ4v) is 5.82. The molecule has 1 aliphatic rings. The molecule has 0 unspecified atom stereocenters. The van der Waals surface area contributed by atoms with Gasteiger partial charge in [-0.1, -0.05) is 29.3 Å². The van der Waals surface area contributed by atoms with Gasteiger partial charge in [-0.05, 0) is 42.0 Å². The second kappa shape index (κ2) is 10.4. The average molecular weight is 578 g/mol. The van der Waals surface area contributed by atoms with Crippen molar-refractivity contribution in [3.05, 3.63) is 70.3 Å². The molecule has 1 aliphatic heterocycles. The van der Waals surface area contributed by atoms with Crippen LogP contribution < -0.4 is 16.4 Å². The number of nitrogens with zero attached hydrogens (tertiary/aromatic N) is 4. The maximum atomic E-state index is 15.1. The molecule has 38 heavy (non-hydrogen) atoms. The van der Waals surface area contributed by atoms with Crippen molar-refractivity contribution in [1.29, 1.82) is 0 Å². The Labute approximate surface area is 227 Å². The molecule has 2 aromatic carbocycles. The van der Waals surface area contributed by atoms with Crippen LogP contribution in [0.15, 0.2) is 48.8 Å². The van der Waals surface area contributed by atoms with E-state index in [1.54, 1.807) is 16.6 Å². The van der Waals surface area contributed by atoms with Gasteiger partial charge in [0.2, 0.25) is 0 Å². The lowest BCUT2D eigenvalue weighted by molar-refractivity contribution is 0.262. The molecular formula is C24H22Cl2FN7O3S. The molecule has 0 radical (unpaired) electrons. The second-order valence-electron chi connectivity index (χ2n) is 8.79. The first-order valence-corrected chi connectivity index (χ1v) is 14.0. The van der Waals surface area contributed by atoms with Gasteiger partial charge in [-0.15, -0.1) is 0 Å². The molecule has 1 fully saturated rings. The Balaban J connectivity index is 1.39. The molecule has 198 valence electrons. The third-order valence-electron chi connectivity index (χ3n) is 6.18. The standard InChI is InChI=1S/C24H22Cl2FN7O3S/c25-18-3-2-15(10-19(18)26)31-24(35)32-21-4-1-14(9-20(21)27)17-11-16(34-22(17)23(28)29-13-30-34)12-33-5-7-38(36,37)8-6-33/h1-4,9-11,13H,5-8,12H2,(H2,28,29,30)(H2,31,32,35). The Morgan fingerprint density at radius 3 is 2.53 bits per heavy atom. The van der Waals surface area contributed by atoms with Crippen LogP contribution in [0.2, 0.25) is 10.0 Å². The molecule has 0 spiro atoms. The summed E-state index contributed by atoms with van der Waals surface area (Å²) in [5.74, 6) is -0.257. The number of fused-ring (bicyclic) bond motifs is 1. The SMILES string of the molecule is Nc1ncnn2c(CN3CCS(=O)(=O)CC3)cc(-c3ccc(NC(=O)Nc4ccc(Cl)c(Cl)c4)c(F)c3)c12. The number of aromatic nitrogens is 3. The van der Waals surface area contributed by atoms with Crippen molar-refractivity contribution < 1.29 is 17.6 Å². The number of amides is 2. The number of carbonyl (C=O) groups excluding carboxylic acids is 1. The van der Waals surface area contributed by atoms with Crippen molar-refractivity contribution in [2.45, 2.75) is 6.54 Å². The fourth-order valence-electron chi connectivity index (χ4n) is 4.25. The summed E-state index contributed by atoms with van der Waals surface area (Å²) in [7, 11) is -3.02. The van der Waals surface area contributed by atoms with E-state index < -0.39 is 21.7 Å². The van der Waals surface area contributed by atoms with Gasteiger partial charge < -0.3 is 16.4 Å². The van der Waals surface area contributed by atoms with Gasteiger partial charge in [-0.25, -0.2) is 27.1 Å². The summed E-state index contributed by atoms with van der Waals surface area (Å²) < 4.78 is 40.3. The molecule has 10 nitrogen and oxygen atoms in total. The van der Waals surface area contributed by atoms with E-state index in [-0.39, 0.29) is 28.0 Å². The van der Waals surface area contributed by atoms with E-state index in [0.29, 0.717) is 47.0 Å². The van der Waals surface area contributed by atoms with E-state index in [4.69, 9.17) is 28.9 Å². The second-order valence-corrected chi connectivity index (χ2v) is 11.9. The molecule has 14 heteroatoms. The van der Waals surface area contributed by atoms with Gasteiger partial charge in [-0.3, -0.25) is 4.90 Å². The highest BCUT2D eigenvalue weighted by Crippen LogP contribution is 2.33. The van der Waals surface area contributed by atoms with Crippen molar-refractivity contribution >= 4 is 61.8 Å². The van der Waals surface area contributed by atoms with E-state index in [1.807, 2.05) is 11.0 Å². The first-order chi connectivity index (χ1) is 18.1. The highest BCUT2D eigenvalue weighted by atomic mass is 35.5. The Bertz CT molecular complexity index is 1650. The number of anilines is 3. The number of nitrogen functional groups attached to an aromatic ring is 1. The predicted molar refractivity (Wildman–Crippen MR) is 146 cm³/mol. The van der Waals surface area contributed by atoms with Crippen LogP contribution in [0, 0.1) is 5.82 Å². The summed E-state index contributed by atoms with van der Waals surface area (Å²) in [4.78, 5) is 18.5. The van der Waals surface area contributed by atoms with E-state index in [1.165, 1.54) is 30.6 Å². The zero-order valence-corrected chi connectivity index (χ0v) is 22.1. The molecule has 0 bridgehead atoms. The van der Waals surface area contributed by atoms with Crippen LogP contribution in [0.4, 0.5) is 26.4 Å². The molecule has 4 aromatic rings. The van der Waals surface area contributed by atoms with Crippen LogP contribution in [0.5, 0.6) is 0 Å². The summed E-state index contributed by atoms with van der Waals surface area (Å²) in [5.41, 5.74) is 8.89. The number of halogens is 3. The number of sulfone groups is 1. The fraction of sp³-hybridized carbons (Fsp3) is 0.208. The molecule has 0 aliphatic carbocycles. The third-order valence-corrected chi connectivity index (χ3v) is 8.53. The third kappa shape index (κ3) is 5.53. The maximum Gasteiger partial charge on any atom is 0.323 e. The van der Waals surface area contributed by atoms with Crippen molar-refractivity contribution in [1.82, 2.24) is 19.5 Å². The Kier molecular flexibility index (Phi) is 7.14. The lowest BCUT2D eigenvalue weighted by Gasteiger charge is -2.26. The number of hydrogen-bond donors (Lipinski definition) is 3. The Morgan fingerprint density at radius 1 is 1.05 bits per heavy atom. The summed E-state index contributed by atoms with van der Waals surface area (Å²) >= 11 is 11.9. The molecule has 5 rings (SSSR count). The van der Waals surface area contributed by atoms with Gasteiger partial charge in [0, 0.05) is 30.9 Å². The van der Waals surface area contributed by atoms with Gasteiger partial charge in [0.05, 0.1) is 32.9 Å². The van der Waals surface area contributed by atoms with Crippen LogP contribution in [0.3, 0.4) is 0 Å². The number of rotatable bonds is 5. The number of urea groups is 1. The normalized spacial score (nSPS) is 15.4. The van der Waals surface area contributed by atoms with Gasteiger partial charge >= 0.3 is 6.03 Å². The van der Waals surface area contributed by atoms with E-state index in [0.717, 1.165) is 5.69 Å². The van der Waals surface area contributed by atoms with Crippen LogP contribution in [0.25, 0.3) is 16.6 Å². The number of nitrogens with two attached hydrogens (primary N) is 1. The van der Waals surface area contributed by atoms with Gasteiger partial charge in [0.1, 0.15) is 17.7 Å². The van der Waals surface area contributed by atoms with Crippen molar-refractivity contribution in [3.63, 3.8) is 0 Å². The summed E-state index contributed by atoms with van der Waals surface area (Å²) in [6, 6.07) is 10.1. The molecule has 3 heterocycles. The van der Waals surface area contributed by atoms with Gasteiger partial charge in [0.15, 0.2) is 15.7 Å². The predicted octanol–water partition coefficient (Wildman–Crippen LogP) is 4.30. The van der Waals surface area contributed by atoms with E-state index in [2.05, 4.69) is 20.7 Å². The molecule has 0 saturated carbocycles. The summed E-state index contributed by atoms with van der Waals surface area (Å²) in [6.45, 7) is 1.25. The summed E-state index contributed by atoms with van der Waals surface area (Å²) in [6.07, 6.45) is 1.33. The minimum atomic E-state index is -3.02. The zero-order valence-electron chi connectivity index (χ0n) is 19.8. The first kappa shape index (κ1) is 26.2. The lowest BCUT2D eigenvalue weighted by Crippen LogP contribution is -2.39. The van der Waals surface area contributed by atoms with Gasteiger partial charge in [0.25, 0.3) is 0 Å². The molecule has 2 amide bonds. The van der Waals surface area contributed by atoms with Crippen molar-refractivity contribution in [3.8, 4) is 11.1 Å². The minimum absolute atomic E-state index is 0.0335. The monoisotopic (exact) mass is 577 g/mol. The highest BCUT2D eigenvalue weighted by molar-refractivity contribution is 7.91. The zero-order chi connectivity index (χ0) is 27.0.